The highest BCUT2D eigenvalue weighted by Crippen LogP contribution is 2.32. The summed E-state index contributed by atoms with van der Waals surface area (Å²) in [5, 5.41) is 20.9. The van der Waals surface area contributed by atoms with E-state index in [1.54, 1.807) is 31.3 Å². The summed E-state index contributed by atoms with van der Waals surface area (Å²) in [6, 6.07) is 14.9. The Balaban J connectivity index is 1.38. The Bertz CT molecular complexity index is 1270. The second-order valence-electron chi connectivity index (χ2n) is 7.96. The second-order valence-corrected chi connectivity index (χ2v) is 7.96. The lowest BCUT2D eigenvalue weighted by molar-refractivity contribution is -0.116. The molecule has 1 aliphatic rings. The van der Waals surface area contributed by atoms with Crippen LogP contribution in [-0.2, 0) is 17.8 Å². The lowest BCUT2D eigenvalue weighted by atomic mass is 10.1. The van der Waals surface area contributed by atoms with E-state index in [1.807, 2.05) is 36.4 Å². The molecule has 1 aromatic heterocycles. The van der Waals surface area contributed by atoms with E-state index in [0.717, 1.165) is 27.0 Å². The van der Waals surface area contributed by atoms with Crippen molar-refractivity contribution in [1.29, 1.82) is 0 Å². The van der Waals surface area contributed by atoms with Crippen molar-refractivity contribution in [2.75, 3.05) is 6.61 Å². The third-order valence-electron chi connectivity index (χ3n) is 5.37. The highest BCUT2D eigenvalue weighted by Gasteiger charge is 2.18. The molecule has 0 aliphatic carbocycles. The van der Waals surface area contributed by atoms with Crippen molar-refractivity contribution in [3.63, 3.8) is 0 Å². The van der Waals surface area contributed by atoms with Crippen molar-refractivity contribution in [2.45, 2.75) is 32.4 Å². The molecule has 1 unspecified atom stereocenters. The molecule has 0 radical (unpaired) electrons. The summed E-state index contributed by atoms with van der Waals surface area (Å²) in [4.78, 5) is 30.4. The number of nitrogens with zero attached hydrogens (tertiary/aromatic N) is 2. The number of imidazole rings is 1. The van der Waals surface area contributed by atoms with Crippen molar-refractivity contribution in [3.8, 4) is 11.6 Å². The van der Waals surface area contributed by atoms with Crippen LogP contribution >= 0.6 is 0 Å². The SMILES string of the molecule is CC(=O)CCc1ccc(OCC(O)Cn2c(O)c(/C=C3\C=Nc4ccccc43)[nH]c2=O)cc1. The lowest BCUT2D eigenvalue weighted by Crippen LogP contribution is -2.28. The standard InChI is InChI=1S/C25H25N3O5/c1-16(29)6-7-17-8-10-20(11-9-17)33-15-19(30)14-28-24(31)23(27-25(28)32)12-18-13-26-22-5-3-2-4-21(18)22/h2-5,8-13,19,30-31H,6-7,14-15H2,1H3,(H,27,32)/b18-12+. The number of allylic oxidation sites excluding steroid dienone is 1. The second kappa shape index (κ2) is 9.70. The maximum absolute atomic E-state index is 12.3. The van der Waals surface area contributed by atoms with Gasteiger partial charge >= 0.3 is 5.69 Å². The quantitative estimate of drug-likeness (QED) is 0.466. The van der Waals surface area contributed by atoms with E-state index in [0.29, 0.717) is 18.6 Å². The number of aromatic hydroxyl groups is 1. The fraction of sp³-hybridized carbons (Fsp3) is 0.240. The van der Waals surface area contributed by atoms with Gasteiger partial charge in [0.2, 0.25) is 5.88 Å². The molecule has 8 nitrogen and oxygen atoms in total. The van der Waals surface area contributed by atoms with Crippen LogP contribution < -0.4 is 10.4 Å². The van der Waals surface area contributed by atoms with Crippen LogP contribution in [-0.4, -0.2) is 44.5 Å². The summed E-state index contributed by atoms with van der Waals surface area (Å²) >= 11 is 0. The molecular weight excluding hydrogens is 422 g/mol. The first-order chi connectivity index (χ1) is 15.9. The number of hydrogen-bond acceptors (Lipinski definition) is 6. The lowest BCUT2D eigenvalue weighted by Gasteiger charge is -2.13. The van der Waals surface area contributed by atoms with Crippen LogP contribution in [0.1, 0.15) is 30.2 Å². The number of aliphatic imine (C=N–C) groups is 1. The van der Waals surface area contributed by atoms with Gasteiger partial charge in [-0.15, -0.1) is 0 Å². The number of ketones is 1. The average Bonchev–Trinajstić information content (AvgIpc) is 3.33. The average molecular weight is 447 g/mol. The Labute approximate surface area is 190 Å². The largest absolute Gasteiger partial charge is 0.493 e. The van der Waals surface area contributed by atoms with Crippen LogP contribution in [0, 0.1) is 0 Å². The number of ether oxygens (including phenoxy) is 1. The molecule has 0 amide bonds. The number of aromatic nitrogens is 2. The minimum atomic E-state index is -1.02. The summed E-state index contributed by atoms with van der Waals surface area (Å²) in [7, 11) is 0. The number of H-pyrrole nitrogens is 1. The zero-order chi connectivity index (χ0) is 23.4. The molecule has 0 fully saturated rings. The van der Waals surface area contributed by atoms with Crippen LogP contribution in [0.25, 0.3) is 11.6 Å². The number of Topliss-reactive ketones (excluding diaryl/α,β-unsaturated/α-hetero) is 1. The van der Waals surface area contributed by atoms with Crippen molar-refractivity contribution < 1.29 is 19.7 Å². The summed E-state index contributed by atoms with van der Waals surface area (Å²) in [5.74, 6) is 0.442. The Morgan fingerprint density at radius 1 is 1.21 bits per heavy atom. The number of nitrogens with one attached hydrogen (secondary N) is 1. The fourth-order valence-corrected chi connectivity index (χ4v) is 3.59. The number of carbonyl (C=O) groups is 1. The highest BCUT2D eigenvalue weighted by atomic mass is 16.5. The number of benzene rings is 2. The predicted molar refractivity (Wildman–Crippen MR) is 126 cm³/mol. The monoisotopic (exact) mass is 447 g/mol. The van der Waals surface area contributed by atoms with Crippen LogP contribution in [0.4, 0.5) is 5.69 Å². The Morgan fingerprint density at radius 3 is 2.73 bits per heavy atom. The molecule has 0 saturated carbocycles. The van der Waals surface area contributed by atoms with Gasteiger partial charge in [0, 0.05) is 23.8 Å². The van der Waals surface area contributed by atoms with E-state index < -0.39 is 11.8 Å². The third kappa shape index (κ3) is 5.30. The van der Waals surface area contributed by atoms with E-state index in [-0.39, 0.29) is 30.5 Å². The van der Waals surface area contributed by atoms with E-state index in [2.05, 4.69) is 9.98 Å². The molecule has 0 saturated heterocycles. The predicted octanol–water partition coefficient (Wildman–Crippen LogP) is 3.10. The summed E-state index contributed by atoms with van der Waals surface area (Å²) in [6.45, 7) is 1.38. The van der Waals surface area contributed by atoms with Gasteiger partial charge in [-0.05, 0) is 43.2 Å². The molecule has 2 heterocycles. The van der Waals surface area contributed by atoms with Gasteiger partial charge in [-0.25, -0.2) is 4.79 Å². The smallest absolute Gasteiger partial charge is 0.328 e. The molecule has 8 heteroatoms. The van der Waals surface area contributed by atoms with Crippen LogP contribution in [0.15, 0.2) is 58.3 Å². The van der Waals surface area contributed by atoms with Gasteiger partial charge in [0.15, 0.2) is 0 Å². The van der Waals surface area contributed by atoms with E-state index >= 15 is 0 Å². The normalized spacial score (nSPS) is 14.4. The number of rotatable bonds is 9. The summed E-state index contributed by atoms with van der Waals surface area (Å²) in [5.41, 5.74) is 3.24. The fourth-order valence-electron chi connectivity index (χ4n) is 3.59. The molecule has 0 spiro atoms. The van der Waals surface area contributed by atoms with Crippen molar-refractivity contribution in [3.05, 3.63) is 75.8 Å². The number of aliphatic hydroxyl groups is 1. The first-order valence-electron chi connectivity index (χ1n) is 10.7. The number of aliphatic hydroxyl groups excluding tert-OH is 1. The van der Waals surface area contributed by atoms with Gasteiger partial charge in [0.25, 0.3) is 0 Å². The Morgan fingerprint density at radius 2 is 1.97 bits per heavy atom. The van der Waals surface area contributed by atoms with Crippen molar-refractivity contribution >= 4 is 29.3 Å². The van der Waals surface area contributed by atoms with Crippen LogP contribution in [0.3, 0.4) is 0 Å². The minimum absolute atomic E-state index is 0.0552. The molecule has 3 N–H and O–H groups in total. The number of aromatic amines is 1. The minimum Gasteiger partial charge on any atom is -0.493 e. The summed E-state index contributed by atoms with van der Waals surface area (Å²) < 4.78 is 6.67. The Hall–Kier alpha value is -3.91. The molecule has 170 valence electrons. The number of carbonyl (C=O) groups excluding carboxylic acids is 1. The highest BCUT2D eigenvalue weighted by molar-refractivity contribution is 6.21. The van der Waals surface area contributed by atoms with Crippen LogP contribution in [0.5, 0.6) is 11.6 Å². The number of aryl methyl sites for hydroxylation is 1. The van der Waals surface area contributed by atoms with E-state index in [4.69, 9.17) is 4.74 Å². The zero-order valence-corrected chi connectivity index (χ0v) is 18.2. The van der Waals surface area contributed by atoms with Gasteiger partial charge in [-0.1, -0.05) is 30.3 Å². The van der Waals surface area contributed by atoms with Gasteiger partial charge in [-0.3, -0.25) is 9.56 Å². The molecule has 4 rings (SSSR count). The topological polar surface area (TPSA) is 117 Å². The first-order valence-corrected chi connectivity index (χ1v) is 10.7. The summed E-state index contributed by atoms with van der Waals surface area (Å²) in [6.07, 6.45) is 3.47. The van der Waals surface area contributed by atoms with Crippen LogP contribution in [0.2, 0.25) is 0 Å². The maximum atomic E-state index is 12.3. The molecule has 33 heavy (non-hydrogen) atoms. The first kappa shape index (κ1) is 22.3. The molecule has 2 aromatic carbocycles. The van der Waals surface area contributed by atoms with Gasteiger partial charge in [0.1, 0.15) is 29.9 Å². The number of fused-ring (bicyclic) bond motifs is 1. The Kier molecular flexibility index (Phi) is 6.55. The molecule has 3 aromatic rings. The molecule has 1 aliphatic heterocycles. The number of hydrogen-bond donors (Lipinski definition) is 3. The molecule has 0 bridgehead atoms. The van der Waals surface area contributed by atoms with Gasteiger partial charge < -0.3 is 24.7 Å². The van der Waals surface area contributed by atoms with Gasteiger partial charge in [0.05, 0.1) is 12.2 Å². The van der Waals surface area contributed by atoms with Crippen molar-refractivity contribution in [2.24, 2.45) is 4.99 Å². The molecular formula is C25H25N3O5. The van der Waals surface area contributed by atoms with Gasteiger partial charge in [-0.2, -0.15) is 0 Å². The third-order valence-corrected chi connectivity index (χ3v) is 5.37. The maximum Gasteiger partial charge on any atom is 0.328 e. The molecule has 1 atom stereocenters. The number of para-hydroxylation sites is 1. The van der Waals surface area contributed by atoms with E-state index in [9.17, 15) is 19.8 Å². The zero-order valence-electron chi connectivity index (χ0n) is 18.2. The van der Waals surface area contributed by atoms with Crippen molar-refractivity contribution in [1.82, 2.24) is 9.55 Å². The van der Waals surface area contributed by atoms with E-state index in [1.165, 1.54) is 0 Å².